The average Bonchev–Trinajstić information content (AvgIpc) is 3.25. The smallest absolute Gasteiger partial charge is 0.305 e. The van der Waals surface area contributed by atoms with E-state index < -0.39 is 12.1 Å². The fraction of sp³-hybridized carbons (Fsp3) is 0.889. The summed E-state index contributed by atoms with van der Waals surface area (Å²) in [6, 6.07) is -0.642. The van der Waals surface area contributed by atoms with E-state index >= 15 is 0 Å². The van der Waals surface area contributed by atoms with Crippen LogP contribution in [0, 0.1) is 0 Å². The van der Waals surface area contributed by atoms with Gasteiger partial charge < -0.3 is 20.3 Å². The summed E-state index contributed by atoms with van der Waals surface area (Å²) in [4.78, 5) is 24.4. The number of nitrogens with one attached hydrogen (secondary N) is 1. The van der Waals surface area contributed by atoms with Gasteiger partial charge in [-0.25, -0.2) is 0 Å². The van der Waals surface area contributed by atoms with Gasteiger partial charge in [-0.1, -0.05) is 237 Å². The predicted molar refractivity (Wildman–Crippen MR) is 260 cm³/mol. The van der Waals surface area contributed by atoms with Gasteiger partial charge in [-0.15, -0.1) is 0 Å². The maximum atomic E-state index is 12.4. The number of hydrogen-bond acceptors (Lipinski definition) is 5. The summed E-state index contributed by atoms with van der Waals surface area (Å²) in [6.45, 7) is 4.84. The molecule has 0 fully saturated rings. The largest absolute Gasteiger partial charge is 0.466 e. The molecule has 0 spiro atoms. The van der Waals surface area contributed by atoms with Gasteiger partial charge in [-0.05, 0) is 57.8 Å². The molecule has 354 valence electrons. The molecule has 0 rings (SSSR count). The van der Waals surface area contributed by atoms with Crippen LogP contribution < -0.4 is 5.32 Å². The molecule has 0 saturated carbocycles. The summed E-state index contributed by atoms with van der Waals surface area (Å²) in [5.41, 5.74) is 0. The number of unbranched alkanes of at least 4 members (excludes halogenated alkanes) is 36. The van der Waals surface area contributed by atoms with Crippen LogP contribution in [0.3, 0.4) is 0 Å². The van der Waals surface area contributed by atoms with Crippen LogP contribution in [0.2, 0.25) is 0 Å². The molecule has 6 nitrogen and oxygen atoms in total. The Morgan fingerprint density at radius 2 is 0.783 bits per heavy atom. The molecule has 0 aliphatic carbocycles. The minimum absolute atomic E-state index is 0.0253. The van der Waals surface area contributed by atoms with Crippen LogP contribution >= 0.6 is 0 Å². The fourth-order valence-electron chi connectivity index (χ4n) is 8.10. The number of allylic oxidation sites excluding steroid dienone is 3. The predicted octanol–water partition coefficient (Wildman–Crippen LogP) is 15.9. The van der Waals surface area contributed by atoms with Gasteiger partial charge in [0.15, 0.2) is 0 Å². The highest BCUT2D eigenvalue weighted by molar-refractivity contribution is 5.76. The average molecular weight is 846 g/mol. The summed E-state index contributed by atoms with van der Waals surface area (Å²) in [6.07, 6.45) is 58.9. The summed E-state index contributed by atoms with van der Waals surface area (Å²) >= 11 is 0. The summed E-state index contributed by atoms with van der Waals surface area (Å²) in [5.74, 6) is -0.111. The lowest BCUT2D eigenvalue weighted by atomic mass is 10.0. The minimum Gasteiger partial charge on any atom is -0.466 e. The highest BCUT2D eigenvalue weighted by Gasteiger charge is 2.18. The van der Waals surface area contributed by atoms with E-state index in [1.54, 1.807) is 6.08 Å². The first-order chi connectivity index (χ1) is 29.5. The van der Waals surface area contributed by atoms with Crippen LogP contribution in [0.25, 0.3) is 0 Å². The van der Waals surface area contributed by atoms with Crippen LogP contribution in [0.1, 0.15) is 284 Å². The van der Waals surface area contributed by atoms with E-state index in [2.05, 4.69) is 31.3 Å². The van der Waals surface area contributed by atoms with Gasteiger partial charge in [0.1, 0.15) is 0 Å². The Kier molecular flexibility index (Phi) is 48.6. The second-order valence-corrected chi connectivity index (χ2v) is 18.2. The Morgan fingerprint density at radius 3 is 1.22 bits per heavy atom. The van der Waals surface area contributed by atoms with Crippen molar-refractivity contribution in [1.29, 1.82) is 0 Å². The monoisotopic (exact) mass is 846 g/mol. The lowest BCUT2D eigenvalue weighted by Crippen LogP contribution is -2.45. The topological polar surface area (TPSA) is 95.9 Å². The number of carbonyl (C=O) groups excluding carboxylic acids is 2. The molecule has 2 unspecified atom stereocenters. The van der Waals surface area contributed by atoms with Gasteiger partial charge in [0.2, 0.25) is 5.91 Å². The number of rotatable bonds is 49. The van der Waals surface area contributed by atoms with Gasteiger partial charge in [-0.2, -0.15) is 0 Å². The van der Waals surface area contributed by atoms with Crippen LogP contribution in [-0.4, -0.2) is 47.4 Å². The van der Waals surface area contributed by atoms with E-state index in [1.165, 1.54) is 199 Å². The first-order valence-electron chi connectivity index (χ1n) is 26.6. The van der Waals surface area contributed by atoms with E-state index in [1.807, 2.05) is 6.08 Å². The lowest BCUT2D eigenvalue weighted by molar-refractivity contribution is -0.143. The number of amides is 1. The molecule has 1 amide bonds. The van der Waals surface area contributed by atoms with Gasteiger partial charge >= 0.3 is 5.97 Å². The number of carbonyl (C=O) groups is 2. The molecule has 60 heavy (non-hydrogen) atoms. The quantitative estimate of drug-likeness (QED) is 0.0322. The second kappa shape index (κ2) is 50.0. The third-order valence-corrected chi connectivity index (χ3v) is 12.2. The summed E-state index contributed by atoms with van der Waals surface area (Å²) in [5, 5.41) is 23.1. The molecule has 0 bridgehead atoms. The Bertz CT molecular complexity index is 935. The maximum Gasteiger partial charge on any atom is 0.305 e. The van der Waals surface area contributed by atoms with Gasteiger partial charge in [0.25, 0.3) is 0 Å². The molecule has 3 N–H and O–H groups in total. The molecule has 0 aromatic heterocycles. The van der Waals surface area contributed by atoms with Crippen molar-refractivity contribution >= 4 is 11.9 Å². The summed E-state index contributed by atoms with van der Waals surface area (Å²) < 4.78 is 5.44. The van der Waals surface area contributed by atoms with Crippen molar-refractivity contribution in [1.82, 2.24) is 5.32 Å². The zero-order valence-corrected chi connectivity index (χ0v) is 40.2. The molecule has 0 aromatic carbocycles. The fourth-order valence-corrected chi connectivity index (χ4v) is 8.10. The molecule has 0 saturated heterocycles. The van der Waals surface area contributed by atoms with Crippen LogP contribution in [-0.2, 0) is 14.3 Å². The normalized spacial score (nSPS) is 12.8. The van der Waals surface area contributed by atoms with Gasteiger partial charge in [-0.3, -0.25) is 9.59 Å². The lowest BCUT2D eigenvalue weighted by Gasteiger charge is -2.20. The van der Waals surface area contributed by atoms with Crippen molar-refractivity contribution in [2.45, 2.75) is 296 Å². The Morgan fingerprint density at radius 1 is 0.450 bits per heavy atom. The molecule has 2 atom stereocenters. The third kappa shape index (κ3) is 45.9. The molecule has 0 aromatic rings. The maximum absolute atomic E-state index is 12.4. The van der Waals surface area contributed by atoms with Crippen molar-refractivity contribution in [3.8, 4) is 0 Å². The van der Waals surface area contributed by atoms with E-state index in [0.717, 1.165) is 57.8 Å². The first-order valence-corrected chi connectivity index (χ1v) is 26.6. The van der Waals surface area contributed by atoms with E-state index in [9.17, 15) is 19.8 Å². The van der Waals surface area contributed by atoms with Crippen LogP contribution in [0.15, 0.2) is 24.3 Å². The molecular weight excluding hydrogens is 743 g/mol. The number of aliphatic hydroxyl groups is 2. The minimum atomic E-state index is -0.857. The molecule has 0 aliphatic rings. The van der Waals surface area contributed by atoms with Gasteiger partial charge in [0, 0.05) is 12.8 Å². The van der Waals surface area contributed by atoms with Crippen molar-refractivity contribution in [2.24, 2.45) is 0 Å². The number of esters is 1. The van der Waals surface area contributed by atoms with E-state index in [0.29, 0.717) is 19.4 Å². The first kappa shape index (κ1) is 58.3. The Balaban J connectivity index is 3.52. The molecule has 0 heterocycles. The third-order valence-electron chi connectivity index (χ3n) is 12.2. The SMILES string of the molecule is CCCCC/C=C\CCCCCCCC(=O)OCCCCCCCCCCCCCC(=O)NC(CO)C(O)/C=C/CCCCCCCCCCCCCCCCCCCC. The van der Waals surface area contributed by atoms with Crippen molar-refractivity contribution in [2.75, 3.05) is 13.2 Å². The van der Waals surface area contributed by atoms with Crippen LogP contribution in [0.4, 0.5) is 0 Å². The molecule has 0 radical (unpaired) electrons. The zero-order valence-electron chi connectivity index (χ0n) is 40.2. The second-order valence-electron chi connectivity index (χ2n) is 18.2. The van der Waals surface area contributed by atoms with Crippen LogP contribution in [0.5, 0.6) is 0 Å². The van der Waals surface area contributed by atoms with Crippen molar-refractivity contribution in [3.05, 3.63) is 24.3 Å². The summed E-state index contributed by atoms with van der Waals surface area (Å²) in [7, 11) is 0. The zero-order chi connectivity index (χ0) is 43.7. The molecule has 0 aliphatic heterocycles. The number of ether oxygens (including phenoxy) is 1. The number of hydrogen-bond donors (Lipinski definition) is 3. The van der Waals surface area contributed by atoms with E-state index in [4.69, 9.17) is 4.74 Å². The highest BCUT2D eigenvalue weighted by atomic mass is 16.5. The Hall–Kier alpha value is -1.66. The standard InChI is InChI=1S/C54H103NO5/c1-3-5-7-9-11-13-15-17-18-19-20-21-22-23-24-26-30-34-38-42-46-52(57)51(50-56)55-53(58)47-43-39-35-31-27-25-29-33-37-41-45-49-60-54(59)48-44-40-36-32-28-16-14-12-10-8-6-4-2/h12,14,42,46,51-52,56-57H,3-11,13,15-41,43-45,47-50H2,1-2H3,(H,55,58)/b14-12-,46-42+. The van der Waals surface area contributed by atoms with Gasteiger partial charge in [0.05, 0.1) is 25.4 Å². The van der Waals surface area contributed by atoms with Crippen molar-refractivity contribution in [3.63, 3.8) is 0 Å². The molecule has 6 heteroatoms. The highest BCUT2D eigenvalue weighted by Crippen LogP contribution is 2.16. The van der Waals surface area contributed by atoms with E-state index in [-0.39, 0.29) is 18.5 Å². The molecular formula is C54H103NO5. The number of aliphatic hydroxyl groups excluding tert-OH is 2. The van der Waals surface area contributed by atoms with Crippen molar-refractivity contribution < 1.29 is 24.5 Å². The Labute approximate surface area is 373 Å².